The van der Waals surface area contributed by atoms with Crippen LogP contribution in [-0.2, 0) is 12.6 Å². The van der Waals surface area contributed by atoms with Crippen LogP contribution >= 0.6 is 34.8 Å². The summed E-state index contributed by atoms with van der Waals surface area (Å²) in [4.78, 5) is 3.08. The molecule has 0 saturated heterocycles. The van der Waals surface area contributed by atoms with E-state index >= 15 is 0 Å². The van der Waals surface area contributed by atoms with Crippen molar-refractivity contribution in [3.8, 4) is 6.07 Å². The van der Waals surface area contributed by atoms with Crippen LogP contribution in [-0.4, -0.2) is 0 Å². The highest BCUT2D eigenvalue weighted by atomic mass is 35.5. The molecule has 0 spiro atoms. The Bertz CT molecular complexity index is 941. The van der Waals surface area contributed by atoms with E-state index in [9.17, 15) is 22.8 Å². The highest BCUT2D eigenvalue weighted by Crippen LogP contribution is 2.44. The Labute approximate surface area is 155 Å². The van der Waals surface area contributed by atoms with Crippen molar-refractivity contribution < 1.29 is 17.6 Å². The van der Waals surface area contributed by atoms with Gasteiger partial charge in [-0.1, -0.05) is 34.8 Å². The van der Waals surface area contributed by atoms with E-state index in [-0.39, 0.29) is 37.4 Å². The molecule has 0 saturated carbocycles. The lowest BCUT2D eigenvalue weighted by Crippen LogP contribution is -2.07. The van der Waals surface area contributed by atoms with Gasteiger partial charge in [-0.25, -0.2) is 9.24 Å². The Hall–Kier alpha value is -1.99. The lowest BCUT2D eigenvalue weighted by Gasteiger charge is -2.14. The molecule has 0 unspecified atom stereocenters. The van der Waals surface area contributed by atoms with Gasteiger partial charge in [-0.2, -0.15) is 18.4 Å². The van der Waals surface area contributed by atoms with E-state index in [1.54, 1.807) is 6.07 Å². The maximum atomic E-state index is 13.9. The van der Waals surface area contributed by atoms with Crippen LogP contribution in [0.25, 0.3) is 4.85 Å². The average Bonchev–Trinajstić information content (AvgIpc) is 2.54. The van der Waals surface area contributed by atoms with E-state index in [1.807, 2.05) is 0 Å². The van der Waals surface area contributed by atoms with Gasteiger partial charge in [0.2, 0.25) is 5.69 Å². The Morgan fingerprint density at radius 3 is 2.28 bits per heavy atom. The Balaban J connectivity index is 2.67. The molecule has 2 rings (SSSR count). The minimum atomic E-state index is -4.66. The first-order valence-electron chi connectivity index (χ1n) is 6.44. The van der Waals surface area contributed by atoms with Crippen molar-refractivity contribution in [3.63, 3.8) is 0 Å². The van der Waals surface area contributed by atoms with E-state index in [1.165, 1.54) is 0 Å². The molecule has 0 N–H and O–H groups in total. The fourth-order valence-corrected chi connectivity index (χ4v) is 2.99. The lowest BCUT2D eigenvalue weighted by atomic mass is 9.97. The van der Waals surface area contributed by atoms with E-state index in [0.29, 0.717) is 18.2 Å². The van der Waals surface area contributed by atoms with Gasteiger partial charge in [-0.05, 0) is 29.3 Å². The Morgan fingerprint density at radius 2 is 1.76 bits per heavy atom. The summed E-state index contributed by atoms with van der Waals surface area (Å²) in [7, 11) is 0. The summed E-state index contributed by atoms with van der Waals surface area (Å²) < 4.78 is 52.4. The summed E-state index contributed by atoms with van der Waals surface area (Å²) in [5.74, 6) is -0.908. The average molecular weight is 408 g/mol. The highest BCUT2D eigenvalue weighted by molar-refractivity contribution is 6.47. The van der Waals surface area contributed by atoms with Crippen LogP contribution in [0, 0.1) is 23.7 Å². The second-order valence-electron chi connectivity index (χ2n) is 4.85. The molecule has 2 aromatic rings. The summed E-state index contributed by atoms with van der Waals surface area (Å²) in [5.41, 5.74) is -1.92. The molecule has 0 aromatic heterocycles. The molecule has 0 fully saturated rings. The van der Waals surface area contributed by atoms with Crippen molar-refractivity contribution in [1.29, 1.82) is 5.26 Å². The third-order valence-corrected chi connectivity index (χ3v) is 4.61. The van der Waals surface area contributed by atoms with Gasteiger partial charge in [0, 0.05) is 6.42 Å². The number of rotatable bonds is 2. The highest BCUT2D eigenvalue weighted by Gasteiger charge is 2.31. The van der Waals surface area contributed by atoms with Gasteiger partial charge in [0.1, 0.15) is 5.82 Å². The van der Waals surface area contributed by atoms with E-state index in [2.05, 4.69) is 4.85 Å². The first-order chi connectivity index (χ1) is 11.6. The zero-order valence-corrected chi connectivity index (χ0v) is 14.2. The van der Waals surface area contributed by atoms with Crippen molar-refractivity contribution in [2.24, 2.45) is 0 Å². The molecule has 0 aliphatic heterocycles. The minimum absolute atomic E-state index is 0.0511. The van der Waals surface area contributed by atoms with E-state index in [4.69, 9.17) is 41.4 Å². The van der Waals surface area contributed by atoms with Crippen LogP contribution in [0.3, 0.4) is 0 Å². The second kappa shape index (κ2) is 7.09. The van der Waals surface area contributed by atoms with Crippen molar-refractivity contribution in [2.45, 2.75) is 12.6 Å². The number of benzene rings is 2. The zero-order valence-electron chi connectivity index (χ0n) is 12.0. The number of hydrogen-bond acceptors (Lipinski definition) is 1. The summed E-state index contributed by atoms with van der Waals surface area (Å²) in [5, 5.41) is 8.49. The molecule has 0 atom stereocenters. The molecular weight excluding hydrogens is 403 g/mol. The first kappa shape index (κ1) is 19.3. The van der Waals surface area contributed by atoms with E-state index < -0.39 is 24.0 Å². The SMILES string of the molecule is [C-]#[N+]c1c(Cl)c(Cl)c(Cc2cc(C(F)(F)F)ccc2F)c(C#N)c1Cl. The number of hydrogen-bond donors (Lipinski definition) is 0. The van der Waals surface area contributed by atoms with Gasteiger partial charge < -0.3 is 0 Å². The van der Waals surface area contributed by atoms with Crippen LogP contribution in [0.15, 0.2) is 18.2 Å². The van der Waals surface area contributed by atoms with Gasteiger partial charge in [-0.3, -0.25) is 0 Å². The second-order valence-corrected chi connectivity index (χ2v) is 5.98. The Morgan fingerprint density at radius 1 is 1.12 bits per heavy atom. The van der Waals surface area contributed by atoms with Gasteiger partial charge in [-0.15, -0.1) is 0 Å². The van der Waals surface area contributed by atoms with Crippen LogP contribution in [0.1, 0.15) is 22.3 Å². The smallest absolute Gasteiger partial charge is 0.235 e. The quantitative estimate of drug-likeness (QED) is 0.305. The summed E-state index contributed by atoms with van der Waals surface area (Å²) >= 11 is 17.9. The lowest BCUT2D eigenvalue weighted by molar-refractivity contribution is -0.137. The normalized spacial score (nSPS) is 11.1. The van der Waals surface area contributed by atoms with Crippen LogP contribution in [0.5, 0.6) is 0 Å². The molecular formula is C16H5Cl3F4N2. The zero-order chi connectivity index (χ0) is 18.9. The Kier molecular flexibility index (Phi) is 5.49. The van der Waals surface area contributed by atoms with Crippen molar-refractivity contribution in [3.05, 3.63) is 72.8 Å². The maximum absolute atomic E-state index is 13.9. The van der Waals surface area contributed by atoms with Gasteiger partial charge in [0.25, 0.3) is 0 Å². The van der Waals surface area contributed by atoms with Crippen molar-refractivity contribution >= 4 is 40.5 Å². The van der Waals surface area contributed by atoms with Gasteiger partial charge in [0.05, 0.1) is 38.8 Å². The third-order valence-electron chi connectivity index (χ3n) is 3.36. The number of alkyl halides is 3. The summed E-state index contributed by atoms with van der Waals surface area (Å²) in [6.45, 7) is 7.02. The van der Waals surface area contributed by atoms with Crippen molar-refractivity contribution in [2.75, 3.05) is 0 Å². The van der Waals surface area contributed by atoms with Crippen LogP contribution in [0.2, 0.25) is 15.1 Å². The number of nitrogens with zero attached hydrogens (tertiary/aromatic N) is 2. The molecule has 0 bridgehead atoms. The topological polar surface area (TPSA) is 28.1 Å². The number of halogens is 7. The molecule has 0 radical (unpaired) electrons. The fourth-order valence-electron chi connectivity index (χ4n) is 2.15. The van der Waals surface area contributed by atoms with Crippen molar-refractivity contribution in [1.82, 2.24) is 0 Å². The number of nitriles is 1. The monoisotopic (exact) mass is 406 g/mol. The molecule has 25 heavy (non-hydrogen) atoms. The summed E-state index contributed by atoms with van der Waals surface area (Å²) in [6.07, 6.45) is -5.11. The predicted octanol–water partition coefficient (Wildman–Crippen LogP) is 6.82. The molecule has 0 heterocycles. The van der Waals surface area contributed by atoms with E-state index in [0.717, 1.165) is 0 Å². The van der Waals surface area contributed by atoms with Crippen LogP contribution < -0.4 is 0 Å². The third kappa shape index (κ3) is 3.67. The van der Waals surface area contributed by atoms with Crippen LogP contribution in [0.4, 0.5) is 23.2 Å². The molecule has 0 aliphatic carbocycles. The molecule has 2 aromatic carbocycles. The van der Waals surface area contributed by atoms with Gasteiger partial charge in [0.15, 0.2) is 0 Å². The molecule has 2 nitrogen and oxygen atoms in total. The standard InChI is InChI=1S/C16H5Cl3F4N2/c1-25-15-13(18)10(6-24)9(12(17)14(15)19)5-7-4-8(16(21,22)23)2-3-11(7)20/h2-4H,5H2. The first-order valence-corrected chi connectivity index (χ1v) is 7.57. The fraction of sp³-hybridized carbons (Fsp3) is 0.125. The molecule has 128 valence electrons. The summed E-state index contributed by atoms with van der Waals surface area (Å²) in [6, 6.07) is 3.63. The molecule has 0 amide bonds. The van der Waals surface area contributed by atoms with Gasteiger partial charge >= 0.3 is 6.18 Å². The molecule has 0 aliphatic rings. The maximum Gasteiger partial charge on any atom is 0.416 e. The minimum Gasteiger partial charge on any atom is -0.235 e. The largest absolute Gasteiger partial charge is 0.416 e. The molecule has 9 heteroatoms. The predicted molar refractivity (Wildman–Crippen MR) is 86.7 cm³/mol.